The Bertz CT molecular complexity index is 832. The predicted octanol–water partition coefficient (Wildman–Crippen LogP) is 2.26. The van der Waals surface area contributed by atoms with Crippen LogP contribution in [0, 0.1) is 23.7 Å². The van der Waals surface area contributed by atoms with Crippen molar-refractivity contribution in [1.82, 2.24) is 4.90 Å². The molecule has 140 valence electrons. The van der Waals surface area contributed by atoms with Crippen LogP contribution in [0.25, 0.3) is 0 Å². The minimum Gasteiger partial charge on any atom is -0.456 e. The van der Waals surface area contributed by atoms with E-state index in [9.17, 15) is 19.2 Å². The Morgan fingerprint density at radius 1 is 1.11 bits per heavy atom. The lowest BCUT2D eigenvalue weighted by Gasteiger charge is -2.23. The molecule has 0 unspecified atom stereocenters. The van der Waals surface area contributed by atoms with E-state index in [-0.39, 0.29) is 41.3 Å². The predicted molar refractivity (Wildman–Crippen MR) is 95.8 cm³/mol. The molecule has 2 bridgehead atoms. The number of hydrogen-bond acceptors (Lipinski definition) is 5. The van der Waals surface area contributed by atoms with Crippen molar-refractivity contribution in [1.29, 1.82) is 0 Å². The average molecular weight is 388 g/mol. The van der Waals surface area contributed by atoms with Gasteiger partial charge in [-0.2, -0.15) is 0 Å². The van der Waals surface area contributed by atoms with E-state index in [1.165, 1.54) is 6.92 Å². The SMILES string of the molecule is C[C@H](C(=O)OCC(=O)c1ccc(Cl)cc1)N1C(=O)[C@@H]2[C@H](C1=O)[C@H]1C=C[C@H]2C1. The standard InChI is InChI=1S/C20H18ClNO5/c1-10(20(26)27-9-15(23)11-4-6-14(21)7-5-11)22-18(24)16-12-2-3-13(8-12)17(16)19(22)25/h2-7,10,12-13,16-17H,8-9H2,1H3/t10-,12+,13+,16-,17+/m1/s1. The number of halogens is 1. The summed E-state index contributed by atoms with van der Waals surface area (Å²) in [5.41, 5.74) is 0.366. The van der Waals surface area contributed by atoms with Crippen LogP contribution in [-0.2, 0) is 19.1 Å². The lowest BCUT2D eigenvalue weighted by Crippen LogP contribution is -2.45. The first kappa shape index (κ1) is 17.9. The largest absolute Gasteiger partial charge is 0.456 e. The molecule has 0 radical (unpaired) electrons. The number of hydrogen-bond donors (Lipinski definition) is 0. The minimum absolute atomic E-state index is 0.0798. The Morgan fingerprint density at radius 3 is 2.22 bits per heavy atom. The average Bonchev–Trinajstić information content (AvgIpc) is 3.33. The number of benzene rings is 1. The normalized spacial score (nSPS) is 29.2. The number of imide groups is 1. The van der Waals surface area contributed by atoms with Crippen molar-refractivity contribution in [2.75, 3.05) is 6.61 Å². The van der Waals surface area contributed by atoms with E-state index in [1.807, 2.05) is 12.2 Å². The monoisotopic (exact) mass is 387 g/mol. The molecular weight excluding hydrogens is 370 g/mol. The second kappa shape index (κ2) is 6.60. The molecule has 0 N–H and O–H groups in total. The Balaban J connectivity index is 1.39. The highest BCUT2D eigenvalue weighted by atomic mass is 35.5. The molecule has 3 aliphatic rings. The first-order valence-electron chi connectivity index (χ1n) is 8.89. The molecule has 1 saturated heterocycles. The number of carbonyl (C=O) groups excluding carboxylic acids is 4. The van der Waals surface area contributed by atoms with Gasteiger partial charge in [-0.25, -0.2) is 4.79 Å². The molecule has 1 saturated carbocycles. The van der Waals surface area contributed by atoms with Crippen molar-refractivity contribution < 1.29 is 23.9 Å². The fraction of sp³-hybridized carbons (Fsp3) is 0.400. The fourth-order valence-electron chi connectivity index (χ4n) is 4.39. The van der Waals surface area contributed by atoms with Gasteiger partial charge in [-0.3, -0.25) is 19.3 Å². The van der Waals surface area contributed by atoms with E-state index in [0.29, 0.717) is 10.6 Å². The van der Waals surface area contributed by atoms with Crippen LogP contribution >= 0.6 is 11.6 Å². The zero-order chi connectivity index (χ0) is 19.3. The highest BCUT2D eigenvalue weighted by molar-refractivity contribution is 6.30. The smallest absolute Gasteiger partial charge is 0.329 e. The lowest BCUT2D eigenvalue weighted by molar-refractivity contribution is -0.157. The number of allylic oxidation sites excluding steroid dienone is 2. The van der Waals surface area contributed by atoms with Gasteiger partial charge in [0.05, 0.1) is 11.8 Å². The summed E-state index contributed by atoms with van der Waals surface area (Å²) in [5.74, 6) is -2.33. The van der Waals surface area contributed by atoms with Gasteiger partial charge in [0, 0.05) is 10.6 Å². The summed E-state index contributed by atoms with van der Waals surface area (Å²) in [6.07, 6.45) is 4.82. The molecule has 1 heterocycles. The number of Topliss-reactive ketones (excluding diaryl/α,β-unsaturated/α-hetero) is 1. The number of likely N-dealkylation sites (tertiary alicyclic amines) is 1. The van der Waals surface area contributed by atoms with Gasteiger partial charge < -0.3 is 4.74 Å². The Labute approximate surface area is 161 Å². The molecule has 0 aromatic heterocycles. The molecule has 6 nitrogen and oxygen atoms in total. The van der Waals surface area contributed by atoms with Crippen LogP contribution in [0.3, 0.4) is 0 Å². The molecule has 2 amide bonds. The third kappa shape index (κ3) is 2.88. The molecule has 27 heavy (non-hydrogen) atoms. The Kier molecular flexibility index (Phi) is 4.38. The number of esters is 1. The molecule has 7 heteroatoms. The van der Waals surface area contributed by atoms with Crippen molar-refractivity contribution >= 4 is 35.2 Å². The van der Waals surface area contributed by atoms with Gasteiger partial charge in [0.1, 0.15) is 6.04 Å². The number of rotatable bonds is 5. The van der Waals surface area contributed by atoms with E-state index in [2.05, 4.69) is 0 Å². The molecule has 4 rings (SSSR count). The second-order valence-corrected chi connectivity index (χ2v) is 7.70. The van der Waals surface area contributed by atoms with Gasteiger partial charge in [-0.05, 0) is 49.4 Å². The van der Waals surface area contributed by atoms with Gasteiger partial charge in [0.2, 0.25) is 11.8 Å². The summed E-state index contributed by atoms with van der Waals surface area (Å²) in [6.45, 7) is 1.00. The van der Waals surface area contributed by atoms with Crippen molar-refractivity contribution in [2.45, 2.75) is 19.4 Å². The zero-order valence-electron chi connectivity index (χ0n) is 14.6. The summed E-state index contributed by atoms with van der Waals surface area (Å²) in [4.78, 5) is 50.9. The van der Waals surface area contributed by atoms with Crippen LogP contribution in [0.15, 0.2) is 36.4 Å². The first-order chi connectivity index (χ1) is 12.9. The summed E-state index contributed by atoms with van der Waals surface area (Å²) >= 11 is 5.78. The van der Waals surface area contributed by atoms with Crippen LogP contribution in [0.5, 0.6) is 0 Å². The number of fused-ring (bicyclic) bond motifs is 5. The number of ether oxygens (including phenoxy) is 1. The van der Waals surface area contributed by atoms with Gasteiger partial charge in [-0.15, -0.1) is 0 Å². The van der Waals surface area contributed by atoms with Crippen molar-refractivity contribution in [3.63, 3.8) is 0 Å². The molecule has 0 spiro atoms. The second-order valence-electron chi connectivity index (χ2n) is 7.26. The Hall–Kier alpha value is -2.47. The Morgan fingerprint density at radius 2 is 1.67 bits per heavy atom. The number of nitrogens with zero attached hydrogens (tertiary/aromatic N) is 1. The molecule has 1 aliphatic heterocycles. The maximum Gasteiger partial charge on any atom is 0.329 e. The first-order valence-corrected chi connectivity index (χ1v) is 9.27. The number of ketones is 1. The summed E-state index contributed by atoms with van der Waals surface area (Å²) < 4.78 is 5.07. The van der Waals surface area contributed by atoms with Gasteiger partial charge in [0.25, 0.3) is 0 Å². The zero-order valence-corrected chi connectivity index (χ0v) is 15.4. The van der Waals surface area contributed by atoms with Crippen LogP contribution < -0.4 is 0 Å². The molecule has 1 aromatic rings. The van der Waals surface area contributed by atoms with E-state index >= 15 is 0 Å². The van der Waals surface area contributed by atoms with E-state index in [0.717, 1.165) is 11.3 Å². The van der Waals surface area contributed by atoms with E-state index in [4.69, 9.17) is 16.3 Å². The van der Waals surface area contributed by atoms with Crippen LogP contribution in [0.2, 0.25) is 5.02 Å². The number of carbonyl (C=O) groups is 4. The van der Waals surface area contributed by atoms with E-state index < -0.39 is 18.6 Å². The highest BCUT2D eigenvalue weighted by Gasteiger charge is 2.60. The topological polar surface area (TPSA) is 80.8 Å². The highest BCUT2D eigenvalue weighted by Crippen LogP contribution is 2.52. The summed E-state index contributed by atoms with van der Waals surface area (Å²) in [5, 5.41) is 0.497. The molecular formula is C20H18ClNO5. The van der Waals surface area contributed by atoms with Crippen molar-refractivity contribution in [2.24, 2.45) is 23.7 Å². The van der Waals surface area contributed by atoms with Gasteiger partial charge >= 0.3 is 5.97 Å². The number of amides is 2. The van der Waals surface area contributed by atoms with Crippen molar-refractivity contribution in [3.05, 3.63) is 47.0 Å². The third-order valence-electron chi connectivity index (χ3n) is 5.74. The van der Waals surface area contributed by atoms with Crippen molar-refractivity contribution in [3.8, 4) is 0 Å². The summed E-state index contributed by atoms with van der Waals surface area (Å²) in [7, 11) is 0. The third-order valence-corrected chi connectivity index (χ3v) is 6.00. The molecule has 1 aromatic carbocycles. The fourth-order valence-corrected chi connectivity index (χ4v) is 4.51. The van der Waals surface area contributed by atoms with Crippen LogP contribution in [-0.4, -0.2) is 41.1 Å². The maximum absolute atomic E-state index is 12.7. The quantitative estimate of drug-likeness (QED) is 0.335. The summed E-state index contributed by atoms with van der Waals surface area (Å²) in [6, 6.07) is 5.18. The minimum atomic E-state index is -1.05. The maximum atomic E-state index is 12.7. The molecule has 2 aliphatic carbocycles. The van der Waals surface area contributed by atoms with Gasteiger partial charge in [0.15, 0.2) is 12.4 Å². The van der Waals surface area contributed by atoms with E-state index in [1.54, 1.807) is 24.3 Å². The molecule has 2 fully saturated rings. The van der Waals surface area contributed by atoms with Crippen LogP contribution in [0.1, 0.15) is 23.7 Å². The molecule has 5 atom stereocenters. The van der Waals surface area contributed by atoms with Gasteiger partial charge in [-0.1, -0.05) is 23.8 Å². The van der Waals surface area contributed by atoms with Crippen LogP contribution in [0.4, 0.5) is 0 Å². The lowest BCUT2D eigenvalue weighted by atomic mass is 9.85.